The lowest BCUT2D eigenvalue weighted by Gasteiger charge is -2.11. The van der Waals surface area contributed by atoms with E-state index in [4.69, 9.17) is 0 Å². The van der Waals surface area contributed by atoms with Crippen molar-refractivity contribution in [3.05, 3.63) is 54.3 Å². The number of nitrogens with zero attached hydrogens (tertiary/aromatic N) is 3. The third-order valence-corrected chi connectivity index (χ3v) is 4.67. The normalized spacial score (nSPS) is 10.9. The second-order valence-electron chi connectivity index (χ2n) is 5.58. The van der Waals surface area contributed by atoms with Gasteiger partial charge in [-0.1, -0.05) is 23.9 Å². The van der Waals surface area contributed by atoms with Crippen LogP contribution in [0.4, 0.5) is 18.9 Å². The van der Waals surface area contributed by atoms with Crippen LogP contribution in [-0.2, 0) is 11.8 Å². The summed E-state index contributed by atoms with van der Waals surface area (Å²) < 4.78 is 44.0. The van der Waals surface area contributed by atoms with Crippen molar-refractivity contribution in [2.24, 2.45) is 7.05 Å². The first-order valence-electron chi connectivity index (χ1n) is 8.06. The zero-order chi connectivity index (χ0) is 20.1. The molecule has 10 heteroatoms. The van der Waals surface area contributed by atoms with Gasteiger partial charge in [-0.2, -0.15) is 8.78 Å². The minimum atomic E-state index is -2.99. The third-order valence-electron chi connectivity index (χ3n) is 3.65. The van der Waals surface area contributed by atoms with Crippen LogP contribution in [0.1, 0.15) is 0 Å². The van der Waals surface area contributed by atoms with Crippen molar-refractivity contribution in [1.29, 1.82) is 0 Å². The number of rotatable bonds is 7. The Bertz CT molecular complexity index is 964. The van der Waals surface area contributed by atoms with Crippen LogP contribution in [-0.4, -0.2) is 33.0 Å². The molecule has 0 saturated heterocycles. The van der Waals surface area contributed by atoms with Gasteiger partial charge in [0.1, 0.15) is 11.6 Å². The van der Waals surface area contributed by atoms with Crippen LogP contribution in [0.2, 0.25) is 0 Å². The van der Waals surface area contributed by atoms with Gasteiger partial charge < -0.3 is 14.6 Å². The van der Waals surface area contributed by atoms with E-state index in [9.17, 15) is 18.0 Å². The molecular weight excluding hydrogens is 393 g/mol. The fourth-order valence-electron chi connectivity index (χ4n) is 2.38. The largest absolute Gasteiger partial charge is 0.433 e. The Kier molecular flexibility index (Phi) is 6.19. The number of carbonyl (C=O) groups is 1. The molecular formula is C18H15F3N4O2S. The van der Waals surface area contributed by atoms with Crippen molar-refractivity contribution in [3.63, 3.8) is 0 Å². The summed E-state index contributed by atoms with van der Waals surface area (Å²) in [5.41, 5.74) is 0.837. The zero-order valence-corrected chi connectivity index (χ0v) is 15.4. The Balaban J connectivity index is 1.64. The van der Waals surface area contributed by atoms with E-state index in [1.54, 1.807) is 29.8 Å². The zero-order valence-electron chi connectivity index (χ0n) is 14.6. The summed E-state index contributed by atoms with van der Waals surface area (Å²) in [6, 6.07) is 11.7. The monoisotopic (exact) mass is 408 g/mol. The summed E-state index contributed by atoms with van der Waals surface area (Å²) in [5, 5.41) is 11.1. The predicted octanol–water partition coefficient (Wildman–Crippen LogP) is 3.95. The van der Waals surface area contributed by atoms with E-state index < -0.39 is 12.5 Å². The molecule has 0 bridgehead atoms. The summed E-state index contributed by atoms with van der Waals surface area (Å²) in [6.45, 7) is -2.99. The number of carbonyl (C=O) groups excluding carboxylic acids is 1. The molecule has 0 fully saturated rings. The third kappa shape index (κ3) is 4.83. The Morgan fingerprint density at radius 1 is 1.18 bits per heavy atom. The average molecular weight is 408 g/mol. The van der Waals surface area contributed by atoms with Crippen LogP contribution in [0.5, 0.6) is 5.75 Å². The highest BCUT2D eigenvalue weighted by Gasteiger charge is 2.15. The van der Waals surface area contributed by atoms with Crippen LogP contribution >= 0.6 is 11.8 Å². The van der Waals surface area contributed by atoms with Crippen LogP contribution in [0.3, 0.4) is 0 Å². The summed E-state index contributed by atoms with van der Waals surface area (Å²) in [4.78, 5) is 12.2. The van der Waals surface area contributed by atoms with Gasteiger partial charge in [0, 0.05) is 12.6 Å². The van der Waals surface area contributed by atoms with E-state index in [1.165, 1.54) is 30.3 Å². The van der Waals surface area contributed by atoms with Gasteiger partial charge in [-0.25, -0.2) is 4.39 Å². The molecule has 0 aliphatic heterocycles. The minimum Gasteiger partial charge on any atom is -0.433 e. The van der Waals surface area contributed by atoms with Gasteiger partial charge in [0.05, 0.1) is 11.4 Å². The van der Waals surface area contributed by atoms with Crippen LogP contribution < -0.4 is 10.1 Å². The van der Waals surface area contributed by atoms with Gasteiger partial charge in [-0.15, -0.1) is 10.2 Å². The lowest BCUT2D eigenvalue weighted by molar-refractivity contribution is -0.113. The molecule has 2 aromatic carbocycles. The van der Waals surface area contributed by atoms with Crippen LogP contribution in [0.15, 0.2) is 53.7 Å². The maximum atomic E-state index is 13.1. The number of aromatic nitrogens is 3. The molecule has 28 heavy (non-hydrogen) atoms. The number of nitrogens with one attached hydrogen (secondary N) is 1. The number of alkyl halides is 2. The minimum absolute atomic E-state index is 0.0155. The molecule has 1 aromatic heterocycles. The number of ether oxygens (including phenoxy) is 1. The lowest BCUT2D eigenvalue weighted by Crippen LogP contribution is -2.16. The van der Waals surface area contributed by atoms with E-state index in [-0.39, 0.29) is 23.0 Å². The number of benzene rings is 2. The highest BCUT2D eigenvalue weighted by Crippen LogP contribution is 2.27. The predicted molar refractivity (Wildman–Crippen MR) is 98.8 cm³/mol. The van der Waals surface area contributed by atoms with Crippen LogP contribution in [0.25, 0.3) is 11.4 Å². The average Bonchev–Trinajstić information content (AvgIpc) is 3.02. The van der Waals surface area contributed by atoms with Gasteiger partial charge >= 0.3 is 6.61 Å². The summed E-state index contributed by atoms with van der Waals surface area (Å²) in [6.07, 6.45) is 0. The Labute approximate surface area is 162 Å². The molecule has 0 aliphatic carbocycles. The SMILES string of the molecule is Cn1c(SCC(=O)Nc2ccccc2OC(F)F)nnc1-c1ccc(F)cc1. The quantitative estimate of drug-likeness (QED) is 0.600. The Hall–Kier alpha value is -3.01. The number of hydrogen-bond acceptors (Lipinski definition) is 5. The highest BCUT2D eigenvalue weighted by atomic mass is 32.2. The van der Waals surface area contributed by atoms with Crippen molar-refractivity contribution in [2.45, 2.75) is 11.8 Å². The number of amides is 1. The smallest absolute Gasteiger partial charge is 0.387 e. The van der Waals surface area contributed by atoms with Crippen molar-refractivity contribution in [2.75, 3.05) is 11.1 Å². The van der Waals surface area contributed by atoms with Gasteiger partial charge in [-0.05, 0) is 36.4 Å². The molecule has 146 valence electrons. The topological polar surface area (TPSA) is 69.0 Å². The maximum absolute atomic E-state index is 13.1. The van der Waals surface area contributed by atoms with Crippen molar-refractivity contribution in [3.8, 4) is 17.1 Å². The number of thioether (sulfide) groups is 1. The summed E-state index contributed by atoms with van der Waals surface area (Å²) in [7, 11) is 1.73. The van der Waals surface area contributed by atoms with Gasteiger partial charge in [0.15, 0.2) is 11.0 Å². The molecule has 0 saturated carbocycles. The Morgan fingerprint density at radius 2 is 1.89 bits per heavy atom. The van der Waals surface area contributed by atoms with Crippen LogP contribution in [0, 0.1) is 5.82 Å². The number of halogens is 3. The molecule has 1 heterocycles. The van der Waals surface area contributed by atoms with E-state index in [1.807, 2.05) is 0 Å². The second kappa shape index (κ2) is 8.79. The molecule has 3 aromatic rings. The van der Waals surface area contributed by atoms with E-state index in [0.717, 1.165) is 11.8 Å². The second-order valence-corrected chi connectivity index (χ2v) is 6.53. The first-order valence-corrected chi connectivity index (χ1v) is 9.04. The van der Waals surface area contributed by atoms with Gasteiger partial charge in [0.25, 0.3) is 0 Å². The van der Waals surface area contributed by atoms with Gasteiger partial charge in [0.2, 0.25) is 5.91 Å². The fourth-order valence-corrected chi connectivity index (χ4v) is 3.09. The number of hydrogen-bond donors (Lipinski definition) is 1. The molecule has 1 amide bonds. The van der Waals surface area contributed by atoms with Crippen molar-refractivity contribution < 1.29 is 22.7 Å². The molecule has 3 rings (SSSR count). The first kappa shape index (κ1) is 19.7. The van der Waals surface area contributed by atoms with E-state index >= 15 is 0 Å². The van der Waals surface area contributed by atoms with Crippen molar-refractivity contribution in [1.82, 2.24) is 14.8 Å². The standard InChI is InChI=1S/C18H15F3N4O2S/c1-25-16(11-6-8-12(19)9-7-11)23-24-18(25)28-10-15(26)22-13-4-2-3-5-14(13)27-17(20)21/h2-9,17H,10H2,1H3,(H,22,26). The molecule has 0 spiro atoms. The Morgan fingerprint density at radius 3 is 2.61 bits per heavy atom. The number of para-hydroxylation sites is 2. The van der Waals surface area contributed by atoms with Crippen molar-refractivity contribution >= 4 is 23.4 Å². The van der Waals surface area contributed by atoms with E-state index in [2.05, 4.69) is 20.3 Å². The molecule has 0 atom stereocenters. The summed E-state index contributed by atoms with van der Waals surface area (Å²) in [5.74, 6) is -0.375. The fraction of sp³-hybridized carbons (Fsp3) is 0.167. The highest BCUT2D eigenvalue weighted by molar-refractivity contribution is 7.99. The lowest BCUT2D eigenvalue weighted by atomic mass is 10.2. The van der Waals surface area contributed by atoms with Gasteiger partial charge in [-0.3, -0.25) is 4.79 Å². The molecule has 6 nitrogen and oxygen atoms in total. The molecule has 1 N–H and O–H groups in total. The number of anilines is 1. The maximum Gasteiger partial charge on any atom is 0.387 e. The molecule has 0 aliphatic rings. The molecule has 0 unspecified atom stereocenters. The van der Waals surface area contributed by atoms with E-state index in [0.29, 0.717) is 16.5 Å². The molecule has 0 radical (unpaired) electrons. The first-order chi connectivity index (χ1) is 13.4. The summed E-state index contributed by atoms with van der Waals surface area (Å²) >= 11 is 1.13.